The number of carbonyl (C=O) groups excluding carboxylic acids is 2. The summed E-state index contributed by atoms with van der Waals surface area (Å²) >= 11 is 5.86. The van der Waals surface area contributed by atoms with Crippen LogP contribution < -0.4 is 5.32 Å². The van der Waals surface area contributed by atoms with E-state index in [1.807, 2.05) is 26.8 Å². The van der Waals surface area contributed by atoms with Crippen molar-refractivity contribution in [3.05, 3.63) is 64.4 Å². The summed E-state index contributed by atoms with van der Waals surface area (Å²) < 4.78 is 0. The summed E-state index contributed by atoms with van der Waals surface area (Å²) in [6.45, 7) is 6.25. The second-order valence-corrected chi connectivity index (χ2v) is 7.13. The molecule has 1 aromatic heterocycles. The van der Waals surface area contributed by atoms with Gasteiger partial charge in [0.15, 0.2) is 0 Å². The van der Waals surface area contributed by atoms with Gasteiger partial charge in [0.25, 0.3) is 5.91 Å². The zero-order chi connectivity index (χ0) is 19.3. The van der Waals surface area contributed by atoms with Crippen LogP contribution in [0.4, 0.5) is 0 Å². The summed E-state index contributed by atoms with van der Waals surface area (Å²) in [7, 11) is 1.73. The molecule has 0 bridgehead atoms. The first kappa shape index (κ1) is 19.9. The second-order valence-electron chi connectivity index (χ2n) is 6.70. The van der Waals surface area contributed by atoms with Crippen LogP contribution in [0.25, 0.3) is 0 Å². The SMILES string of the molecule is Cc1ccncc1CN(C)C(=O)C(NC(=O)c1ccc(Cl)cc1)C(C)C. The van der Waals surface area contributed by atoms with Crippen LogP contribution in [0.5, 0.6) is 0 Å². The molecule has 26 heavy (non-hydrogen) atoms. The first-order valence-electron chi connectivity index (χ1n) is 8.50. The van der Waals surface area contributed by atoms with Gasteiger partial charge in [0.05, 0.1) is 0 Å². The smallest absolute Gasteiger partial charge is 0.251 e. The molecule has 0 aliphatic rings. The fourth-order valence-electron chi connectivity index (χ4n) is 2.57. The minimum Gasteiger partial charge on any atom is -0.340 e. The van der Waals surface area contributed by atoms with Gasteiger partial charge in [-0.2, -0.15) is 0 Å². The van der Waals surface area contributed by atoms with Crippen molar-refractivity contribution < 1.29 is 9.59 Å². The van der Waals surface area contributed by atoms with Crippen LogP contribution in [0.2, 0.25) is 5.02 Å². The van der Waals surface area contributed by atoms with E-state index < -0.39 is 6.04 Å². The molecule has 138 valence electrons. The lowest BCUT2D eigenvalue weighted by molar-refractivity contribution is -0.133. The number of aromatic nitrogens is 1. The van der Waals surface area contributed by atoms with Gasteiger partial charge in [0, 0.05) is 36.6 Å². The van der Waals surface area contributed by atoms with Crippen molar-refractivity contribution in [1.29, 1.82) is 0 Å². The molecule has 1 N–H and O–H groups in total. The van der Waals surface area contributed by atoms with Crippen LogP contribution in [-0.4, -0.2) is 34.8 Å². The summed E-state index contributed by atoms with van der Waals surface area (Å²) in [6.07, 6.45) is 3.49. The molecule has 1 unspecified atom stereocenters. The molecule has 0 aliphatic heterocycles. The van der Waals surface area contributed by atoms with Gasteiger partial charge < -0.3 is 10.2 Å². The number of amides is 2. The van der Waals surface area contributed by atoms with E-state index >= 15 is 0 Å². The van der Waals surface area contributed by atoms with E-state index in [9.17, 15) is 9.59 Å². The first-order chi connectivity index (χ1) is 12.3. The Morgan fingerprint density at radius 3 is 2.42 bits per heavy atom. The highest BCUT2D eigenvalue weighted by Crippen LogP contribution is 2.13. The van der Waals surface area contributed by atoms with Gasteiger partial charge in [-0.15, -0.1) is 0 Å². The third-order valence-electron chi connectivity index (χ3n) is 4.26. The van der Waals surface area contributed by atoms with Crippen molar-refractivity contribution in [2.45, 2.75) is 33.4 Å². The maximum Gasteiger partial charge on any atom is 0.251 e. The Kier molecular flexibility index (Phi) is 6.75. The lowest BCUT2D eigenvalue weighted by Gasteiger charge is -2.27. The summed E-state index contributed by atoms with van der Waals surface area (Å²) in [5.74, 6) is -0.471. The quantitative estimate of drug-likeness (QED) is 0.843. The number of carbonyl (C=O) groups is 2. The Hall–Kier alpha value is -2.40. The average Bonchev–Trinajstić information content (AvgIpc) is 2.61. The molecule has 0 aliphatic carbocycles. The van der Waals surface area contributed by atoms with Gasteiger partial charge in [0.2, 0.25) is 5.91 Å². The largest absolute Gasteiger partial charge is 0.340 e. The molecular weight excluding hydrogens is 350 g/mol. The lowest BCUT2D eigenvalue weighted by atomic mass is 10.0. The van der Waals surface area contributed by atoms with E-state index in [1.165, 1.54) is 0 Å². The topological polar surface area (TPSA) is 62.3 Å². The molecule has 2 rings (SSSR count). The van der Waals surface area contributed by atoms with Gasteiger partial charge in [-0.25, -0.2) is 0 Å². The third kappa shape index (κ3) is 5.05. The number of aryl methyl sites for hydroxylation is 1. The normalized spacial score (nSPS) is 11.9. The van der Waals surface area contributed by atoms with E-state index in [1.54, 1.807) is 48.6 Å². The van der Waals surface area contributed by atoms with Crippen LogP contribution in [0.1, 0.15) is 35.3 Å². The standard InChI is InChI=1S/C20H24ClN3O2/c1-13(2)18(23-19(25)15-5-7-17(21)8-6-15)20(26)24(4)12-16-11-22-10-9-14(16)3/h5-11,13,18H,12H2,1-4H3,(H,23,25). The number of hydrogen-bond donors (Lipinski definition) is 1. The molecule has 6 heteroatoms. The lowest BCUT2D eigenvalue weighted by Crippen LogP contribution is -2.50. The predicted octanol–water partition coefficient (Wildman–Crippen LogP) is 3.46. The Labute approximate surface area is 159 Å². The molecule has 1 aromatic carbocycles. The minimum absolute atomic E-state index is 0.0452. The minimum atomic E-state index is -0.611. The highest BCUT2D eigenvalue weighted by Gasteiger charge is 2.27. The molecule has 0 saturated carbocycles. The van der Waals surface area contributed by atoms with E-state index in [0.29, 0.717) is 17.1 Å². The number of rotatable bonds is 6. The van der Waals surface area contributed by atoms with Gasteiger partial charge >= 0.3 is 0 Å². The molecule has 2 amide bonds. The monoisotopic (exact) mass is 373 g/mol. The van der Waals surface area contributed by atoms with Gasteiger partial charge in [0.1, 0.15) is 6.04 Å². The molecule has 0 saturated heterocycles. The molecule has 0 fully saturated rings. The van der Waals surface area contributed by atoms with E-state index in [0.717, 1.165) is 11.1 Å². The molecule has 5 nitrogen and oxygen atoms in total. The number of likely N-dealkylation sites (N-methyl/N-ethyl adjacent to an activating group) is 1. The number of nitrogens with one attached hydrogen (secondary N) is 1. The molecule has 0 spiro atoms. The summed E-state index contributed by atoms with van der Waals surface area (Å²) in [5.41, 5.74) is 2.53. The van der Waals surface area contributed by atoms with Crippen molar-refractivity contribution in [2.75, 3.05) is 7.05 Å². The Balaban J connectivity index is 2.10. The zero-order valence-corrected chi connectivity index (χ0v) is 16.2. The van der Waals surface area contributed by atoms with Crippen molar-refractivity contribution >= 4 is 23.4 Å². The van der Waals surface area contributed by atoms with E-state index in [4.69, 9.17) is 11.6 Å². The second kappa shape index (κ2) is 8.81. The average molecular weight is 374 g/mol. The summed E-state index contributed by atoms with van der Waals surface area (Å²) in [6, 6.07) is 7.89. The van der Waals surface area contributed by atoms with E-state index in [2.05, 4.69) is 10.3 Å². The molecular formula is C20H24ClN3O2. The number of hydrogen-bond acceptors (Lipinski definition) is 3. The number of halogens is 1. The van der Waals surface area contributed by atoms with Crippen LogP contribution in [0.3, 0.4) is 0 Å². The van der Waals surface area contributed by atoms with Gasteiger partial charge in [-0.05, 0) is 54.3 Å². The maximum atomic E-state index is 12.9. The molecule has 2 aromatic rings. The molecule has 1 atom stereocenters. The number of nitrogens with zero attached hydrogens (tertiary/aromatic N) is 2. The van der Waals surface area contributed by atoms with Crippen molar-refractivity contribution in [3.8, 4) is 0 Å². The number of benzene rings is 1. The fraction of sp³-hybridized carbons (Fsp3) is 0.350. The summed E-state index contributed by atoms with van der Waals surface area (Å²) in [5, 5.41) is 3.40. The van der Waals surface area contributed by atoms with Crippen LogP contribution >= 0.6 is 11.6 Å². The van der Waals surface area contributed by atoms with E-state index in [-0.39, 0.29) is 17.7 Å². The number of pyridine rings is 1. The maximum absolute atomic E-state index is 12.9. The highest BCUT2D eigenvalue weighted by atomic mass is 35.5. The van der Waals surface area contributed by atoms with Gasteiger partial charge in [-0.1, -0.05) is 25.4 Å². The van der Waals surface area contributed by atoms with Crippen molar-refractivity contribution in [1.82, 2.24) is 15.2 Å². The Morgan fingerprint density at radius 2 is 1.85 bits per heavy atom. The van der Waals surface area contributed by atoms with Crippen molar-refractivity contribution in [2.24, 2.45) is 5.92 Å². The molecule has 1 heterocycles. The Morgan fingerprint density at radius 1 is 1.19 bits per heavy atom. The fourth-order valence-corrected chi connectivity index (χ4v) is 2.70. The van der Waals surface area contributed by atoms with Gasteiger partial charge in [-0.3, -0.25) is 14.6 Å². The third-order valence-corrected chi connectivity index (χ3v) is 4.51. The first-order valence-corrected chi connectivity index (χ1v) is 8.88. The van der Waals surface area contributed by atoms with Crippen LogP contribution in [0, 0.1) is 12.8 Å². The Bertz CT molecular complexity index is 775. The van der Waals surface area contributed by atoms with Crippen LogP contribution in [0.15, 0.2) is 42.7 Å². The highest BCUT2D eigenvalue weighted by molar-refractivity contribution is 6.30. The van der Waals surface area contributed by atoms with Crippen molar-refractivity contribution in [3.63, 3.8) is 0 Å². The summed E-state index contributed by atoms with van der Waals surface area (Å²) in [4.78, 5) is 31.1. The van der Waals surface area contributed by atoms with Crippen LogP contribution in [-0.2, 0) is 11.3 Å². The predicted molar refractivity (Wildman–Crippen MR) is 103 cm³/mol. The molecule has 0 radical (unpaired) electrons. The zero-order valence-electron chi connectivity index (χ0n) is 15.5.